The van der Waals surface area contributed by atoms with Gasteiger partial charge in [-0.2, -0.15) is 5.11 Å². The Morgan fingerprint density at radius 2 is 1.76 bits per heavy atom. The minimum absolute atomic E-state index is 0.347. The number of fused-ring (bicyclic) bond motifs is 1. The third kappa shape index (κ3) is 2.41. The quantitative estimate of drug-likeness (QED) is 0.776. The molecule has 2 amide bonds. The fourth-order valence-corrected chi connectivity index (χ4v) is 3.30. The van der Waals surface area contributed by atoms with E-state index in [4.69, 9.17) is 11.6 Å². The van der Waals surface area contributed by atoms with Crippen molar-refractivity contribution in [2.24, 2.45) is 10.3 Å². The number of benzene rings is 2. The van der Waals surface area contributed by atoms with Gasteiger partial charge in [0.25, 0.3) is 11.8 Å². The number of anilines is 2. The van der Waals surface area contributed by atoms with Crippen LogP contribution in [0.15, 0.2) is 52.8 Å². The van der Waals surface area contributed by atoms with E-state index < -0.39 is 12.1 Å². The molecular weight excluding hydrogens is 340 g/mol. The molecule has 0 N–H and O–H groups in total. The Kier molecular flexibility index (Phi) is 3.58. The predicted octanol–water partition coefficient (Wildman–Crippen LogP) is 3.45. The number of halogens is 1. The first-order valence-electron chi connectivity index (χ1n) is 7.88. The van der Waals surface area contributed by atoms with E-state index in [1.807, 2.05) is 32.0 Å². The maximum atomic E-state index is 12.9. The van der Waals surface area contributed by atoms with Crippen molar-refractivity contribution in [2.75, 3.05) is 9.91 Å². The molecule has 0 spiro atoms. The van der Waals surface area contributed by atoms with Gasteiger partial charge in [-0.05, 0) is 55.3 Å². The number of hydrogen-bond donors (Lipinski definition) is 0. The summed E-state index contributed by atoms with van der Waals surface area (Å²) in [5.74, 6) is -0.729. The van der Waals surface area contributed by atoms with Crippen LogP contribution >= 0.6 is 11.6 Å². The van der Waals surface area contributed by atoms with Crippen molar-refractivity contribution < 1.29 is 9.59 Å². The molecule has 4 rings (SSSR count). The van der Waals surface area contributed by atoms with Crippen molar-refractivity contribution in [1.29, 1.82) is 0 Å². The molecule has 2 aliphatic heterocycles. The maximum absolute atomic E-state index is 12.9. The molecule has 0 unspecified atom stereocenters. The summed E-state index contributed by atoms with van der Waals surface area (Å²) in [5, 5.41) is 10.1. The summed E-state index contributed by atoms with van der Waals surface area (Å²) in [6.45, 7) is 4.00. The third-order valence-electron chi connectivity index (χ3n) is 4.60. The standard InChI is InChI=1S/C18H15ClN4O2/c1-10-6-7-14(8-11(10)2)23-16-15(20-21-23)17(24)22(18(16)25)13-5-3-4-12(19)9-13/h3-9,15-16H,1-2H3/t15-,16+/m0/s1. The molecular formula is C18H15ClN4O2. The smallest absolute Gasteiger partial charge is 0.263 e. The van der Waals surface area contributed by atoms with E-state index >= 15 is 0 Å². The van der Waals surface area contributed by atoms with Gasteiger partial charge in [0.05, 0.1) is 11.4 Å². The Morgan fingerprint density at radius 3 is 2.48 bits per heavy atom. The summed E-state index contributed by atoms with van der Waals surface area (Å²) < 4.78 is 0. The minimum Gasteiger partial charge on any atom is -0.271 e. The lowest BCUT2D eigenvalue weighted by Gasteiger charge is -2.21. The molecule has 7 heteroatoms. The number of carbonyl (C=O) groups excluding carboxylic acids is 2. The van der Waals surface area contributed by atoms with E-state index in [1.54, 1.807) is 24.3 Å². The summed E-state index contributed by atoms with van der Waals surface area (Å²) in [6, 6.07) is 10.9. The summed E-state index contributed by atoms with van der Waals surface area (Å²) in [7, 11) is 0. The highest BCUT2D eigenvalue weighted by molar-refractivity contribution is 6.31. The first-order valence-corrected chi connectivity index (χ1v) is 8.26. The van der Waals surface area contributed by atoms with Crippen LogP contribution in [-0.2, 0) is 9.59 Å². The lowest BCUT2D eigenvalue weighted by atomic mass is 10.1. The molecule has 1 fully saturated rings. The van der Waals surface area contributed by atoms with E-state index in [9.17, 15) is 9.59 Å². The van der Waals surface area contributed by atoms with Crippen LogP contribution in [-0.4, -0.2) is 23.9 Å². The predicted molar refractivity (Wildman–Crippen MR) is 94.8 cm³/mol. The fourth-order valence-electron chi connectivity index (χ4n) is 3.11. The van der Waals surface area contributed by atoms with E-state index in [-0.39, 0.29) is 11.8 Å². The topological polar surface area (TPSA) is 65.3 Å². The molecule has 2 heterocycles. The van der Waals surface area contributed by atoms with Crippen molar-refractivity contribution >= 4 is 34.8 Å². The van der Waals surface area contributed by atoms with Gasteiger partial charge < -0.3 is 0 Å². The number of rotatable bonds is 2. The Bertz CT molecular complexity index is 927. The molecule has 6 nitrogen and oxygen atoms in total. The van der Waals surface area contributed by atoms with E-state index in [2.05, 4.69) is 10.3 Å². The van der Waals surface area contributed by atoms with Gasteiger partial charge in [0.1, 0.15) is 0 Å². The summed E-state index contributed by atoms with van der Waals surface area (Å²) in [6.07, 6.45) is 0. The average molecular weight is 355 g/mol. The Labute approximate surface area is 149 Å². The van der Waals surface area contributed by atoms with Crippen LogP contribution in [0.1, 0.15) is 11.1 Å². The minimum atomic E-state index is -0.826. The molecule has 0 aliphatic carbocycles. The highest BCUT2D eigenvalue weighted by atomic mass is 35.5. The van der Waals surface area contributed by atoms with E-state index in [0.29, 0.717) is 10.7 Å². The zero-order chi connectivity index (χ0) is 17.7. The summed E-state index contributed by atoms with van der Waals surface area (Å²) in [4.78, 5) is 26.8. The number of amides is 2. The zero-order valence-electron chi connectivity index (χ0n) is 13.7. The Morgan fingerprint density at radius 1 is 0.960 bits per heavy atom. The van der Waals surface area contributed by atoms with Gasteiger partial charge in [0, 0.05) is 5.02 Å². The molecule has 0 aromatic heterocycles. The van der Waals surface area contributed by atoms with Crippen LogP contribution in [0.2, 0.25) is 5.02 Å². The molecule has 2 atom stereocenters. The van der Waals surface area contributed by atoms with Crippen molar-refractivity contribution in [2.45, 2.75) is 25.9 Å². The largest absolute Gasteiger partial charge is 0.271 e. The van der Waals surface area contributed by atoms with E-state index in [1.165, 1.54) is 5.01 Å². The van der Waals surface area contributed by atoms with E-state index in [0.717, 1.165) is 21.7 Å². The lowest BCUT2D eigenvalue weighted by molar-refractivity contribution is -0.121. The Balaban J connectivity index is 1.71. The third-order valence-corrected chi connectivity index (χ3v) is 4.84. The SMILES string of the molecule is Cc1ccc(N2N=N[C@@H]3C(=O)N(c4cccc(Cl)c4)C(=O)[C@@H]32)cc1C. The van der Waals surface area contributed by atoms with Crippen LogP contribution in [0.25, 0.3) is 0 Å². The van der Waals surface area contributed by atoms with Crippen LogP contribution in [0.3, 0.4) is 0 Å². The van der Waals surface area contributed by atoms with Crippen molar-refractivity contribution in [3.63, 3.8) is 0 Å². The van der Waals surface area contributed by atoms with Crippen molar-refractivity contribution in [1.82, 2.24) is 0 Å². The highest BCUT2D eigenvalue weighted by Gasteiger charge is 2.55. The monoisotopic (exact) mass is 354 g/mol. The van der Waals surface area contributed by atoms with Crippen molar-refractivity contribution in [3.05, 3.63) is 58.6 Å². The normalized spacial score (nSPS) is 22.0. The lowest BCUT2D eigenvalue weighted by Crippen LogP contribution is -2.40. The maximum Gasteiger partial charge on any atom is 0.263 e. The molecule has 0 bridgehead atoms. The van der Waals surface area contributed by atoms with Gasteiger partial charge in [-0.3, -0.25) is 9.59 Å². The Hall–Kier alpha value is -2.73. The van der Waals surface area contributed by atoms with Gasteiger partial charge in [0.15, 0.2) is 12.1 Å². The van der Waals surface area contributed by atoms with Gasteiger partial charge >= 0.3 is 0 Å². The van der Waals surface area contributed by atoms with Gasteiger partial charge in [0.2, 0.25) is 0 Å². The summed E-state index contributed by atoms with van der Waals surface area (Å²) >= 11 is 5.99. The second kappa shape index (κ2) is 5.67. The first kappa shape index (κ1) is 15.8. The number of aryl methyl sites for hydroxylation is 2. The number of nitrogens with zero attached hydrogens (tertiary/aromatic N) is 4. The van der Waals surface area contributed by atoms with Crippen LogP contribution in [0.5, 0.6) is 0 Å². The summed E-state index contributed by atoms with van der Waals surface area (Å²) in [5.41, 5.74) is 3.42. The molecule has 2 aliphatic rings. The van der Waals surface area contributed by atoms with Gasteiger partial charge in [-0.15, -0.1) is 0 Å². The second-order valence-electron chi connectivity index (χ2n) is 6.20. The number of hydrogen-bond acceptors (Lipinski definition) is 5. The van der Waals surface area contributed by atoms with Gasteiger partial charge in [-0.25, -0.2) is 9.91 Å². The molecule has 2 aromatic rings. The molecule has 0 radical (unpaired) electrons. The molecule has 1 saturated heterocycles. The average Bonchev–Trinajstić information content (AvgIpc) is 3.11. The molecule has 126 valence electrons. The second-order valence-corrected chi connectivity index (χ2v) is 6.64. The van der Waals surface area contributed by atoms with Crippen LogP contribution < -0.4 is 9.91 Å². The first-order chi connectivity index (χ1) is 12.0. The van der Waals surface area contributed by atoms with Crippen LogP contribution in [0, 0.1) is 13.8 Å². The molecule has 0 saturated carbocycles. The number of imide groups is 1. The number of carbonyl (C=O) groups is 2. The van der Waals surface area contributed by atoms with Crippen LogP contribution in [0.4, 0.5) is 11.4 Å². The highest BCUT2D eigenvalue weighted by Crippen LogP contribution is 2.35. The fraction of sp³-hybridized carbons (Fsp3) is 0.222. The molecule has 25 heavy (non-hydrogen) atoms. The van der Waals surface area contributed by atoms with Gasteiger partial charge in [-0.1, -0.05) is 29.0 Å². The molecule has 2 aromatic carbocycles. The van der Waals surface area contributed by atoms with Crippen molar-refractivity contribution in [3.8, 4) is 0 Å². The zero-order valence-corrected chi connectivity index (χ0v) is 14.4.